The third-order valence-electron chi connectivity index (χ3n) is 22.8. The number of nitrogens with zero attached hydrogens (tertiary/aromatic N) is 4. The Hall–Kier alpha value is -13.7. The van der Waals surface area contributed by atoms with E-state index in [0.717, 1.165) is 98.5 Å². The first-order valence-electron chi connectivity index (χ1n) is 40.5. The Morgan fingerprint density at radius 2 is 0.483 bits per heavy atom. The summed E-state index contributed by atoms with van der Waals surface area (Å²) in [6.45, 7) is 8.36. The van der Waals surface area contributed by atoms with Crippen LogP contribution in [-0.2, 0) is 9.47 Å². The van der Waals surface area contributed by atoms with Gasteiger partial charge in [0.05, 0.1) is 43.0 Å². The Bertz CT molecular complexity index is 6980. The van der Waals surface area contributed by atoms with Crippen molar-refractivity contribution in [3.63, 3.8) is 0 Å². The highest BCUT2D eigenvalue weighted by Crippen LogP contribution is 2.48. The summed E-state index contributed by atoms with van der Waals surface area (Å²) in [4.78, 5) is 19.7. The van der Waals surface area contributed by atoms with Crippen molar-refractivity contribution in [1.82, 2.24) is 19.9 Å². The number of hydrogen-bond acceptors (Lipinski definition) is 8. The van der Waals surface area contributed by atoms with E-state index in [1.165, 1.54) is 92.9 Å². The number of rotatable bonds is 14. The summed E-state index contributed by atoms with van der Waals surface area (Å²) in [5, 5.41) is 2.56. The molecule has 1 aliphatic rings. The van der Waals surface area contributed by atoms with E-state index in [-0.39, 0.29) is 22.8 Å². The first-order chi connectivity index (χ1) is 58.8. The summed E-state index contributed by atoms with van der Waals surface area (Å²) in [6.07, 6.45) is -0.380. The maximum atomic E-state index is 6.32. The van der Waals surface area contributed by atoms with Crippen molar-refractivity contribution < 1.29 is 9.47 Å². The van der Waals surface area contributed by atoms with Gasteiger partial charge >= 0.3 is 0 Å². The van der Waals surface area contributed by atoms with E-state index < -0.39 is 0 Å². The Kier molecular flexibility index (Phi) is 21.2. The van der Waals surface area contributed by atoms with Crippen LogP contribution in [0.5, 0.6) is 0 Å². The Morgan fingerprint density at radius 3 is 0.867 bits per heavy atom. The number of halogens is 1. The number of fused-ring (bicyclic) bond motifs is 6. The summed E-state index contributed by atoms with van der Waals surface area (Å²) in [6, 6.07) is 146. The number of thiophene rings is 2. The maximum absolute atomic E-state index is 6.32. The number of benzene rings is 16. The average Bonchev–Trinajstić information content (AvgIpc) is 1.60. The molecular formula is C111H81ClN4O2S2. The Balaban J connectivity index is 0.000000127. The van der Waals surface area contributed by atoms with E-state index >= 15 is 0 Å². The van der Waals surface area contributed by atoms with Crippen LogP contribution in [0.25, 0.3) is 186 Å². The van der Waals surface area contributed by atoms with Crippen LogP contribution in [0, 0.1) is 0 Å². The van der Waals surface area contributed by atoms with E-state index in [4.69, 9.17) is 31.0 Å². The van der Waals surface area contributed by atoms with Gasteiger partial charge in [-0.3, -0.25) is 0 Å². The molecule has 0 radical (unpaired) electrons. The topological polar surface area (TPSA) is 70.0 Å². The van der Waals surface area contributed by atoms with E-state index in [1.54, 1.807) is 22.7 Å². The van der Waals surface area contributed by atoms with Crippen LogP contribution in [-0.4, -0.2) is 31.1 Å². The highest BCUT2D eigenvalue weighted by molar-refractivity contribution is 7.26. The molecule has 0 N–H and O–H groups in total. The van der Waals surface area contributed by atoms with Gasteiger partial charge in [-0.25, -0.2) is 19.9 Å². The molecule has 0 saturated carbocycles. The average molecular weight is 1600 g/mol. The standard InChI is InChI=1S/C52H34N2S.C37H34O2.C22H13ClN2S/c1-4-15-35(16-5-1)38-21-13-25-42(30-38)49-51-50(47-27-10-11-28-48(47)55-51)54-52(53-49)43-26-14-23-40(31-43)39-22-12-24-41(29-39)46-33-44(36-17-6-2-7-18-36)32-45(34-46)37-19-8-3-9-20-37;1-36(2)37(3,4)39-35(38-36)31-20-12-18-29(22-31)28-17-11-19-30(21-28)34-24-32(26-13-7-5-8-14-26)23-33(25-34)27-15-9-6-10-16-27;23-22-24-19(21-20(25-22)17-11-4-5-12-18(17)26-21)16-10-6-9-15(13-16)14-7-2-1-3-8-14/h1-34H;5-25,35H,1-4H3;1-13H. The molecule has 21 rings (SSSR count). The van der Waals surface area contributed by atoms with E-state index in [0.29, 0.717) is 0 Å². The zero-order valence-corrected chi connectivity index (χ0v) is 69.0. The third kappa shape index (κ3) is 16.1. The first kappa shape index (κ1) is 76.3. The lowest BCUT2D eigenvalue weighted by molar-refractivity contribution is -0.0895. The smallest absolute Gasteiger partial charge is 0.223 e. The molecule has 0 aliphatic carbocycles. The number of hydrogen-bond donors (Lipinski definition) is 0. The van der Waals surface area contributed by atoms with Gasteiger partial charge in [-0.15, -0.1) is 22.7 Å². The van der Waals surface area contributed by atoms with Crippen molar-refractivity contribution in [2.75, 3.05) is 0 Å². The van der Waals surface area contributed by atoms with Crippen LogP contribution in [0.1, 0.15) is 39.5 Å². The molecule has 0 spiro atoms. The van der Waals surface area contributed by atoms with Gasteiger partial charge in [0.25, 0.3) is 0 Å². The highest BCUT2D eigenvalue weighted by atomic mass is 35.5. The first-order valence-corrected chi connectivity index (χ1v) is 42.5. The van der Waals surface area contributed by atoms with Gasteiger partial charge in [-0.1, -0.05) is 328 Å². The predicted octanol–water partition coefficient (Wildman–Crippen LogP) is 31.3. The second-order valence-corrected chi connectivity index (χ2v) is 33.6. The van der Waals surface area contributed by atoms with Gasteiger partial charge in [-0.2, -0.15) is 0 Å². The molecule has 576 valence electrons. The predicted molar refractivity (Wildman–Crippen MR) is 505 cm³/mol. The lowest BCUT2D eigenvalue weighted by Gasteiger charge is -2.30. The van der Waals surface area contributed by atoms with Crippen LogP contribution in [0.15, 0.2) is 413 Å². The molecule has 1 aliphatic heterocycles. The molecule has 5 heterocycles. The monoisotopic (exact) mass is 1600 g/mol. The second-order valence-electron chi connectivity index (χ2n) is 31.2. The van der Waals surface area contributed by atoms with Gasteiger partial charge in [0, 0.05) is 42.4 Å². The summed E-state index contributed by atoms with van der Waals surface area (Å²) < 4.78 is 17.2. The summed E-state index contributed by atoms with van der Waals surface area (Å²) in [5.74, 6) is 0.720. The van der Waals surface area contributed by atoms with Crippen molar-refractivity contribution >= 4 is 74.9 Å². The molecule has 20 aromatic rings. The molecule has 0 unspecified atom stereocenters. The van der Waals surface area contributed by atoms with Gasteiger partial charge in [0.15, 0.2) is 12.1 Å². The lowest BCUT2D eigenvalue weighted by Crippen LogP contribution is -2.41. The minimum Gasteiger partial charge on any atom is -0.339 e. The fraction of sp³-hybridized carbons (Fsp3) is 0.0631. The molecule has 0 atom stereocenters. The lowest BCUT2D eigenvalue weighted by atomic mass is 9.90. The third-order valence-corrected chi connectivity index (χ3v) is 25.3. The van der Waals surface area contributed by atoms with Gasteiger partial charge in [0.1, 0.15) is 0 Å². The van der Waals surface area contributed by atoms with Crippen molar-refractivity contribution in [2.24, 2.45) is 0 Å². The summed E-state index contributed by atoms with van der Waals surface area (Å²) in [5.41, 5.74) is 30.8. The van der Waals surface area contributed by atoms with Gasteiger partial charge in [0.2, 0.25) is 5.28 Å². The molecular weight excluding hydrogens is 1520 g/mol. The van der Waals surface area contributed by atoms with Crippen LogP contribution in [0.3, 0.4) is 0 Å². The van der Waals surface area contributed by atoms with Gasteiger partial charge < -0.3 is 9.47 Å². The second kappa shape index (κ2) is 33.4. The van der Waals surface area contributed by atoms with Crippen molar-refractivity contribution in [3.8, 4) is 145 Å². The molecule has 4 aromatic heterocycles. The fourth-order valence-electron chi connectivity index (χ4n) is 15.8. The van der Waals surface area contributed by atoms with Crippen molar-refractivity contribution in [3.05, 3.63) is 423 Å². The van der Waals surface area contributed by atoms with Gasteiger partial charge in [-0.05, 0) is 235 Å². The Labute approximate surface area is 712 Å². The van der Waals surface area contributed by atoms with E-state index in [1.807, 2.05) is 30.3 Å². The normalized spacial score (nSPS) is 12.9. The summed E-state index contributed by atoms with van der Waals surface area (Å²) in [7, 11) is 0. The molecule has 9 heteroatoms. The zero-order chi connectivity index (χ0) is 81.1. The summed E-state index contributed by atoms with van der Waals surface area (Å²) >= 11 is 9.74. The molecule has 0 bridgehead atoms. The minimum atomic E-state index is -0.380. The largest absolute Gasteiger partial charge is 0.339 e. The zero-order valence-electron chi connectivity index (χ0n) is 66.6. The quantitative estimate of drug-likeness (QED) is 0.101. The number of aromatic nitrogens is 4. The fourth-order valence-corrected chi connectivity index (χ4v) is 18.3. The number of ether oxygens (including phenoxy) is 2. The SMILES string of the molecule is CC1(C)OC(c2cccc(-c3cccc(-c4cc(-c5ccccc5)cc(-c5ccccc5)c4)c3)c2)OC1(C)C.Clc1nc(-c2cccc(-c3ccccc3)c2)c2sc3ccccc3c2n1.c1ccc(-c2cc(-c3ccccc3)cc(-c3cccc(-c4cccc(-c5nc(-c6cccc(-c7ccccc7)c6)c6sc7ccccc7c6n5)c4)c3)c2)cc1. The molecule has 6 nitrogen and oxygen atoms in total. The van der Waals surface area contributed by atoms with E-state index in [2.05, 4.69) is 420 Å². The van der Waals surface area contributed by atoms with E-state index in [9.17, 15) is 0 Å². The van der Waals surface area contributed by atoms with Crippen LogP contribution in [0.2, 0.25) is 5.28 Å². The molecule has 120 heavy (non-hydrogen) atoms. The van der Waals surface area contributed by atoms with Crippen molar-refractivity contribution in [1.29, 1.82) is 0 Å². The van der Waals surface area contributed by atoms with Crippen LogP contribution < -0.4 is 0 Å². The molecule has 0 amide bonds. The van der Waals surface area contributed by atoms with Crippen LogP contribution in [0.4, 0.5) is 0 Å². The molecule has 1 saturated heterocycles. The minimum absolute atomic E-state index is 0.279. The molecule has 1 fully saturated rings. The van der Waals surface area contributed by atoms with Crippen molar-refractivity contribution in [2.45, 2.75) is 45.2 Å². The molecule has 16 aromatic carbocycles. The highest BCUT2D eigenvalue weighted by Gasteiger charge is 2.49. The van der Waals surface area contributed by atoms with Crippen LogP contribution >= 0.6 is 34.3 Å². The Morgan fingerprint density at radius 1 is 0.233 bits per heavy atom. The maximum Gasteiger partial charge on any atom is 0.223 e.